The lowest BCUT2D eigenvalue weighted by Crippen LogP contribution is -2.37. The van der Waals surface area contributed by atoms with Crippen molar-refractivity contribution in [1.29, 1.82) is 0 Å². The number of H-pyrrole nitrogens is 1. The van der Waals surface area contributed by atoms with E-state index in [-0.39, 0.29) is 27.7 Å². The Balaban J connectivity index is 1.86. The topological polar surface area (TPSA) is 70.2 Å². The first kappa shape index (κ1) is 20.4. The Morgan fingerprint density at radius 3 is 2.37 bits per heavy atom. The van der Waals surface area contributed by atoms with Crippen molar-refractivity contribution in [1.82, 2.24) is 4.98 Å². The van der Waals surface area contributed by atoms with Gasteiger partial charge in [-0.2, -0.15) is 0 Å². The molecule has 2 heterocycles. The van der Waals surface area contributed by atoms with E-state index >= 15 is 0 Å². The van der Waals surface area contributed by atoms with Gasteiger partial charge in [-0.1, -0.05) is 61.9 Å². The maximum absolute atomic E-state index is 13.5. The number of carbonyl (C=O) groups is 1. The number of nitrogens with zero attached hydrogens (tertiary/aromatic N) is 1. The molecule has 30 heavy (non-hydrogen) atoms. The minimum absolute atomic E-state index is 0.0160. The number of aromatic nitrogens is 1. The van der Waals surface area contributed by atoms with Gasteiger partial charge in [0.1, 0.15) is 0 Å². The minimum Gasteiger partial charge on any atom is -0.350 e. The normalized spacial score (nSPS) is 16.7. The summed E-state index contributed by atoms with van der Waals surface area (Å²) in [7, 11) is -3.80. The summed E-state index contributed by atoms with van der Waals surface area (Å²) < 4.78 is 27.0. The summed E-state index contributed by atoms with van der Waals surface area (Å²) in [5.74, 6) is 0.153. The van der Waals surface area contributed by atoms with Crippen LogP contribution >= 0.6 is 0 Å². The predicted octanol–water partition coefficient (Wildman–Crippen LogP) is 4.83. The average Bonchev–Trinajstić information content (AvgIpc) is 3.16. The van der Waals surface area contributed by atoms with Crippen LogP contribution in [-0.2, 0) is 21.2 Å². The number of hydrogen-bond donors (Lipinski definition) is 1. The maximum Gasteiger partial charge on any atom is 0.228 e. The van der Waals surface area contributed by atoms with E-state index < -0.39 is 9.84 Å². The molecule has 0 radical (unpaired) electrons. The second kappa shape index (κ2) is 7.76. The number of carbonyl (C=O) groups excluding carboxylic acids is 1. The smallest absolute Gasteiger partial charge is 0.228 e. The monoisotopic (exact) mass is 422 g/mol. The summed E-state index contributed by atoms with van der Waals surface area (Å²) in [6.07, 6.45) is 2.14. The van der Waals surface area contributed by atoms with E-state index in [1.807, 2.05) is 37.3 Å². The molecule has 1 aliphatic heterocycles. The molecule has 1 aromatic heterocycles. The zero-order chi connectivity index (χ0) is 21.5. The molecular formula is C24H26N2O3S. The lowest BCUT2D eigenvalue weighted by atomic mass is 9.83. The van der Waals surface area contributed by atoms with Gasteiger partial charge in [0.25, 0.3) is 0 Å². The highest BCUT2D eigenvalue weighted by atomic mass is 32.2. The van der Waals surface area contributed by atoms with Gasteiger partial charge in [0.05, 0.1) is 17.1 Å². The molecule has 156 valence electrons. The van der Waals surface area contributed by atoms with Crippen molar-refractivity contribution in [2.24, 2.45) is 5.92 Å². The first-order valence-corrected chi connectivity index (χ1v) is 11.6. The largest absolute Gasteiger partial charge is 0.350 e. The fraction of sp³-hybridized carbons (Fsp3) is 0.292. The van der Waals surface area contributed by atoms with Crippen LogP contribution in [0.15, 0.2) is 70.7 Å². The molecule has 0 unspecified atom stereocenters. The molecule has 2 aromatic carbocycles. The van der Waals surface area contributed by atoms with E-state index in [0.717, 1.165) is 16.7 Å². The Bertz CT molecular complexity index is 1160. The maximum atomic E-state index is 13.5. The molecule has 1 aliphatic rings. The van der Waals surface area contributed by atoms with Crippen LogP contribution in [0.1, 0.15) is 42.9 Å². The van der Waals surface area contributed by atoms with Crippen LogP contribution < -0.4 is 4.90 Å². The number of hydrogen-bond acceptors (Lipinski definition) is 3. The zero-order valence-electron chi connectivity index (χ0n) is 17.4. The quantitative estimate of drug-likeness (QED) is 0.640. The highest BCUT2D eigenvalue weighted by molar-refractivity contribution is 7.91. The third-order valence-electron chi connectivity index (χ3n) is 5.80. The number of aromatic amines is 1. The Morgan fingerprint density at radius 2 is 1.73 bits per heavy atom. The summed E-state index contributed by atoms with van der Waals surface area (Å²) in [5, 5.41) is 0.0935. The van der Waals surface area contributed by atoms with Crippen molar-refractivity contribution >= 4 is 21.4 Å². The van der Waals surface area contributed by atoms with Gasteiger partial charge in [-0.3, -0.25) is 4.79 Å². The SMILES string of the molecule is Cc1ccc(S(=O)(=O)c2[nH]cc3c2N(Cc2ccccc2)C(=O)C[C@H]3C(C)C)cc1. The number of benzene rings is 2. The van der Waals surface area contributed by atoms with Crippen LogP contribution in [0.3, 0.4) is 0 Å². The summed E-state index contributed by atoms with van der Waals surface area (Å²) in [6.45, 7) is 6.39. The highest BCUT2D eigenvalue weighted by Gasteiger charge is 2.39. The number of anilines is 1. The molecule has 0 fully saturated rings. The van der Waals surface area contributed by atoms with E-state index in [2.05, 4.69) is 18.8 Å². The molecule has 1 atom stereocenters. The molecule has 4 rings (SSSR count). The second-order valence-corrected chi connectivity index (χ2v) is 10.1. The van der Waals surface area contributed by atoms with Crippen molar-refractivity contribution < 1.29 is 13.2 Å². The first-order valence-electron chi connectivity index (χ1n) is 10.2. The van der Waals surface area contributed by atoms with E-state index in [0.29, 0.717) is 18.7 Å². The van der Waals surface area contributed by atoms with Gasteiger partial charge in [-0.15, -0.1) is 0 Å². The molecule has 5 nitrogen and oxygen atoms in total. The number of aryl methyl sites for hydroxylation is 1. The number of nitrogens with one attached hydrogen (secondary N) is 1. The van der Waals surface area contributed by atoms with Crippen molar-refractivity contribution in [3.8, 4) is 0 Å². The fourth-order valence-electron chi connectivity index (χ4n) is 4.07. The Labute approximate surface area is 177 Å². The van der Waals surface area contributed by atoms with Crippen LogP contribution in [0.2, 0.25) is 0 Å². The summed E-state index contributed by atoms with van der Waals surface area (Å²) in [4.78, 5) is 18.0. The van der Waals surface area contributed by atoms with Crippen LogP contribution in [-0.4, -0.2) is 19.3 Å². The van der Waals surface area contributed by atoms with E-state index in [1.54, 1.807) is 35.4 Å². The molecule has 0 aliphatic carbocycles. The molecule has 1 amide bonds. The van der Waals surface area contributed by atoms with Crippen molar-refractivity contribution in [2.75, 3.05) is 4.90 Å². The Kier molecular flexibility index (Phi) is 5.28. The molecule has 0 spiro atoms. The van der Waals surface area contributed by atoms with E-state index in [4.69, 9.17) is 0 Å². The van der Waals surface area contributed by atoms with Crippen molar-refractivity contribution in [3.05, 3.63) is 77.5 Å². The fourth-order valence-corrected chi connectivity index (χ4v) is 5.50. The van der Waals surface area contributed by atoms with Gasteiger partial charge in [-0.05, 0) is 42.0 Å². The highest BCUT2D eigenvalue weighted by Crippen LogP contribution is 2.45. The molecule has 6 heteroatoms. The molecular weight excluding hydrogens is 396 g/mol. The molecule has 1 N–H and O–H groups in total. The number of amides is 1. The predicted molar refractivity (Wildman–Crippen MR) is 117 cm³/mol. The lowest BCUT2D eigenvalue weighted by molar-refractivity contribution is -0.119. The molecule has 3 aromatic rings. The van der Waals surface area contributed by atoms with Crippen LogP contribution in [0.4, 0.5) is 5.69 Å². The second-order valence-electron chi connectivity index (χ2n) is 8.26. The van der Waals surface area contributed by atoms with Gasteiger partial charge in [0.2, 0.25) is 15.7 Å². The van der Waals surface area contributed by atoms with Gasteiger partial charge in [0.15, 0.2) is 5.03 Å². The number of rotatable bonds is 5. The Morgan fingerprint density at radius 1 is 1.07 bits per heavy atom. The zero-order valence-corrected chi connectivity index (χ0v) is 18.2. The number of sulfone groups is 1. The third-order valence-corrected chi connectivity index (χ3v) is 7.54. The standard InChI is InChI=1S/C24H26N2O3S/c1-16(2)20-13-22(27)26(15-18-7-5-4-6-8-18)23-21(20)14-25-24(23)30(28,29)19-11-9-17(3)10-12-19/h4-12,14,16,20,25H,13,15H2,1-3H3/t20-/m0/s1. The van der Waals surface area contributed by atoms with Crippen LogP contribution in [0.25, 0.3) is 0 Å². The van der Waals surface area contributed by atoms with Crippen LogP contribution in [0.5, 0.6) is 0 Å². The molecule has 0 saturated carbocycles. The summed E-state index contributed by atoms with van der Waals surface area (Å²) in [5.41, 5.74) is 3.34. The van der Waals surface area contributed by atoms with E-state index in [9.17, 15) is 13.2 Å². The Hall–Kier alpha value is -2.86. The first-order chi connectivity index (χ1) is 14.3. The summed E-state index contributed by atoms with van der Waals surface area (Å²) in [6, 6.07) is 16.5. The molecule has 0 bridgehead atoms. The number of fused-ring (bicyclic) bond motifs is 1. The van der Waals surface area contributed by atoms with Gasteiger partial charge < -0.3 is 9.88 Å². The lowest BCUT2D eigenvalue weighted by Gasteiger charge is -2.34. The average molecular weight is 423 g/mol. The van der Waals surface area contributed by atoms with Crippen molar-refractivity contribution in [3.63, 3.8) is 0 Å². The van der Waals surface area contributed by atoms with Gasteiger partial charge >= 0.3 is 0 Å². The third kappa shape index (κ3) is 3.56. The van der Waals surface area contributed by atoms with Gasteiger partial charge in [0, 0.05) is 12.6 Å². The summed E-state index contributed by atoms with van der Waals surface area (Å²) >= 11 is 0. The van der Waals surface area contributed by atoms with Crippen LogP contribution in [0, 0.1) is 12.8 Å². The molecule has 0 saturated heterocycles. The minimum atomic E-state index is -3.80. The van der Waals surface area contributed by atoms with E-state index in [1.165, 1.54) is 0 Å². The van der Waals surface area contributed by atoms with Gasteiger partial charge in [-0.25, -0.2) is 8.42 Å². The van der Waals surface area contributed by atoms with Crippen molar-refractivity contribution in [2.45, 2.75) is 49.6 Å².